The maximum absolute atomic E-state index is 13.6. The summed E-state index contributed by atoms with van der Waals surface area (Å²) in [5.74, 6) is -0.699. The van der Waals surface area contributed by atoms with Crippen LogP contribution in [0.5, 0.6) is 0 Å². The first kappa shape index (κ1) is 13.5. The Hall–Kier alpha value is -0.970. The maximum Gasteiger partial charge on any atom is 0.162 e. The van der Waals surface area contributed by atoms with E-state index in [0.717, 1.165) is 0 Å². The van der Waals surface area contributed by atoms with Gasteiger partial charge in [-0.15, -0.1) is 0 Å². The van der Waals surface area contributed by atoms with E-state index < -0.39 is 5.79 Å². The smallest absolute Gasteiger partial charge is 0.162 e. The minimum atomic E-state index is -0.514. The number of hydrogen-bond acceptors (Lipinski definition) is 3. The molecule has 100 valence electrons. The van der Waals surface area contributed by atoms with Gasteiger partial charge in [0.05, 0.1) is 19.3 Å². The van der Waals surface area contributed by atoms with E-state index >= 15 is 0 Å². The number of nitrogens with one attached hydrogen (secondary N) is 1. The molecule has 1 aliphatic rings. The molecule has 18 heavy (non-hydrogen) atoms. The van der Waals surface area contributed by atoms with Crippen molar-refractivity contribution in [2.45, 2.75) is 38.6 Å². The number of benzene rings is 1. The van der Waals surface area contributed by atoms with Crippen LogP contribution in [0.2, 0.25) is 0 Å². The lowest BCUT2D eigenvalue weighted by molar-refractivity contribution is -0.253. The second-order valence-electron chi connectivity index (χ2n) is 5.13. The third kappa shape index (κ3) is 3.28. The molecule has 2 rings (SSSR count). The second kappa shape index (κ2) is 5.34. The minimum Gasteiger partial charge on any atom is -0.349 e. The fraction of sp³-hybridized carbons (Fsp3) is 0.571. The molecule has 1 aromatic rings. The van der Waals surface area contributed by atoms with Crippen LogP contribution in [-0.2, 0) is 9.47 Å². The quantitative estimate of drug-likeness (QED) is 0.898. The van der Waals surface area contributed by atoms with Gasteiger partial charge < -0.3 is 14.8 Å². The summed E-state index contributed by atoms with van der Waals surface area (Å²) in [5.41, 5.74) is 0.669. The Labute approximate surface area is 107 Å². The van der Waals surface area contributed by atoms with Crippen molar-refractivity contribution in [3.05, 3.63) is 35.6 Å². The molecule has 1 aromatic carbocycles. The molecule has 1 N–H and O–H groups in total. The van der Waals surface area contributed by atoms with Crippen molar-refractivity contribution in [1.29, 1.82) is 0 Å². The van der Waals surface area contributed by atoms with Gasteiger partial charge in [-0.25, -0.2) is 4.39 Å². The Balaban J connectivity index is 1.93. The van der Waals surface area contributed by atoms with E-state index in [1.54, 1.807) is 12.1 Å². The zero-order valence-corrected chi connectivity index (χ0v) is 11.1. The van der Waals surface area contributed by atoms with E-state index in [1.165, 1.54) is 6.07 Å². The SMILES string of the molecule is C[C@@H](NC1COC(C)(C)OC1)c1ccccc1F. The Morgan fingerprint density at radius 2 is 1.89 bits per heavy atom. The van der Waals surface area contributed by atoms with Crippen LogP contribution in [0.1, 0.15) is 32.4 Å². The van der Waals surface area contributed by atoms with Crippen molar-refractivity contribution in [3.63, 3.8) is 0 Å². The Morgan fingerprint density at radius 1 is 1.28 bits per heavy atom. The molecule has 0 radical (unpaired) electrons. The molecular weight excluding hydrogens is 233 g/mol. The molecule has 0 bridgehead atoms. The van der Waals surface area contributed by atoms with Crippen LogP contribution < -0.4 is 5.32 Å². The first-order chi connectivity index (χ1) is 8.48. The van der Waals surface area contributed by atoms with Crippen molar-refractivity contribution in [2.75, 3.05) is 13.2 Å². The molecule has 0 amide bonds. The molecule has 1 saturated heterocycles. The van der Waals surface area contributed by atoms with Gasteiger partial charge in [0.25, 0.3) is 0 Å². The molecule has 1 atom stereocenters. The van der Waals surface area contributed by atoms with Crippen LogP contribution in [0.3, 0.4) is 0 Å². The van der Waals surface area contributed by atoms with Crippen LogP contribution in [-0.4, -0.2) is 25.0 Å². The summed E-state index contributed by atoms with van der Waals surface area (Å²) >= 11 is 0. The van der Waals surface area contributed by atoms with E-state index in [2.05, 4.69) is 5.32 Å². The summed E-state index contributed by atoms with van der Waals surface area (Å²) in [6.45, 7) is 6.88. The highest BCUT2D eigenvalue weighted by Crippen LogP contribution is 2.20. The van der Waals surface area contributed by atoms with Crippen molar-refractivity contribution >= 4 is 0 Å². The molecule has 0 saturated carbocycles. The third-order valence-electron chi connectivity index (χ3n) is 3.12. The summed E-state index contributed by atoms with van der Waals surface area (Å²) in [6.07, 6.45) is 0. The van der Waals surface area contributed by atoms with Crippen LogP contribution in [0, 0.1) is 5.82 Å². The van der Waals surface area contributed by atoms with Gasteiger partial charge in [-0.3, -0.25) is 0 Å². The lowest BCUT2D eigenvalue weighted by Crippen LogP contribution is -2.49. The number of rotatable bonds is 3. The standard InChI is InChI=1S/C14H20FNO2/c1-10(12-6-4-5-7-13(12)15)16-11-8-17-14(2,3)18-9-11/h4-7,10-11,16H,8-9H2,1-3H3/t10-/m1/s1. The van der Waals surface area contributed by atoms with Crippen LogP contribution in [0.15, 0.2) is 24.3 Å². The molecule has 4 heteroatoms. The van der Waals surface area contributed by atoms with E-state index in [9.17, 15) is 4.39 Å². The van der Waals surface area contributed by atoms with Crippen LogP contribution in [0.25, 0.3) is 0 Å². The molecule has 1 aliphatic heterocycles. The van der Waals surface area contributed by atoms with Gasteiger partial charge in [0.1, 0.15) is 5.82 Å². The highest BCUT2D eigenvalue weighted by Gasteiger charge is 2.29. The van der Waals surface area contributed by atoms with Gasteiger partial charge in [0, 0.05) is 11.6 Å². The van der Waals surface area contributed by atoms with Crippen molar-refractivity contribution < 1.29 is 13.9 Å². The zero-order chi connectivity index (χ0) is 13.2. The predicted molar refractivity (Wildman–Crippen MR) is 67.7 cm³/mol. The molecule has 3 nitrogen and oxygen atoms in total. The van der Waals surface area contributed by atoms with Gasteiger partial charge in [0.15, 0.2) is 5.79 Å². The minimum absolute atomic E-state index is 0.0652. The molecule has 1 fully saturated rings. The molecule has 0 aromatic heterocycles. The number of ether oxygens (including phenoxy) is 2. The van der Waals surface area contributed by atoms with Gasteiger partial charge in [0.2, 0.25) is 0 Å². The molecule has 0 unspecified atom stereocenters. The monoisotopic (exact) mass is 253 g/mol. The van der Waals surface area contributed by atoms with E-state index in [-0.39, 0.29) is 17.9 Å². The van der Waals surface area contributed by atoms with E-state index in [1.807, 2.05) is 26.8 Å². The normalized spacial score (nSPS) is 21.8. The third-order valence-corrected chi connectivity index (χ3v) is 3.12. The van der Waals surface area contributed by atoms with Crippen molar-refractivity contribution in [1.82, 2.24) is 5.32 Å². The van der Waals surface area contributed by atoms with Gasteiger partial charge >= 0.3 is 0 Å². The lowest BCUT2D eigenvalue weighted by atomic mass is 10.1. The van der Waals surface area contributed by atoms with Gasteiger partial charge in [-0.05, 0) is 26.8 Å². The van der Waals surface area contributed by atoms with Gasteiger partial charge in [-0.2, -0.15) is 0 Å². The highest BCUT2D eigenvalue weighted by molar-refractivity contribution is 5.20. The summed E-state index contributed by atoms with van der Waals surface area (Å²) in [4.78, 5) is 0. The highest BCUT2D eigenvalue weighted by atomic mass is 19.1. The van der Waals surface area contributed by atoms with Crippen LogP contribution >= 0.6 is 0 Å². The predicted octanol–water partition coefficient (Wildman–Crippen LogP) is 2.63. The summed E-state index contributed by atoms with van der Waals surface area (Å²) in [6, 6.07) is 6.83. The molecule has 1 heterocycles. The largest absolute Gasteiger partial charge is 0.349 e. The Kier molecular flexibility index (Phi) is 4.00. The Bertz CT molecular complexity index is 399. The zero-order valence-electron chi connectivity index (χ0n) is 11.1. The van der Waals surface area contributed by atoms with E-state index in [0.29, 0.717) is 18.8 Å². The molecule has 0 spiro atoms. The van der Waals surface area contributed by atoms with Gasteiger partial charge in [-0.1, -0.05) is 18.2 Å². The first-order valence-corrected chi connectivity index (χ1v) is 6.26. The maximum atomic E-state index is 13.6. The fourth-order valence-corrected chi connectivity index (χ4v) is 2.06. The summed E-state index contributed by atoms with van der Waals surface area (Å²) in [5, 5.41) is 3.32. The van der Waals surface area contributed by atoms with E-state index in [4.69, 9.17) is 9.47 Å². The number of halogens is 1. The lowest BCUT2D eigenvalue weighted by Gasteiger charge is -2.36. The average Bonchev–Trinajstić information content (AvgIpc) is 2.32. The second-order valence-corrected chi connectivity index (χ2v) is 5.13. The average molecular weight is 253 g/mol. The van der Waals surface area contributed by atoms with Crippen LogP contribution in [0.4, 0.5) is 4.39 Å². The summed E-state index contributed by atoms with van der Waals surface area (Å²) in [7, 11) is 0. The van der Waals surface area contributed by atoms with Crippen molar-refractivity contribution in [3.8, 4) is 0 Å². The molecular formula is C14H20FNO2. The van der Waals surface area contributed by atoms with Crippen molar-refractivity contribution in [2.24, 2.45) is 0 Å². The first-order valence-electron chi connectivity index (χ1n) is 6.26. The fourth-order valence-electron chi connectivity index (χ4n) is 2.06. The molecule has 0 aliphatic carbocycles. The number of hydrogen-bond donors (Lipinski definition) is 1. The Morgan fingerprint density at radius 3 is 2.50 bits per heavy atom. The summed E-state index contributed by atoms with van der Waals surface area (Å²) < 4.78 is 24.7. The topological polar surface area (TPSA) is 30.5 Å².